The SMILES string of the molecule is Cc1cc(-c2ccc(Cl)cc2)nc2nc(C(=O)NN)nn12. The molecule has 0 aliphatic heterocycles. The summed E-state index contributed by atoms with van der Waals surface area (Å²) in [5.74, 6) is 4.82. The summed E-state index contributed by atoms with van der Waals surface area (Å²) >= 11 is 5.88. The largest absolute Gasteiger partial charge is 0.304 e. The van der Waals surface area contributed by atoms with Crippen LogP contribution in [0.3, 0.4) is 0 Å². The number of carbonyl (C=O) groups is 1. The highest BCUT2D eigenvalue weighted by Gasteiger charge is 2.14. The predicted octanol–water partition coefficient (Wildman–Crippen LogP) is 1.36. The van der Waals surface area contributed by atoms with Crippen LogP contribution in [0.5, 0.6) is 0 Å². The van der Waals surface area contributed by atoms with Crippen LogP contribution in [0.15, 0.2) is 30.3 Å². The van der Waals surface area contributed by atoms with Gasteiger partial charge in [0.2, 0.25) is 5.82 Å². The second-order valence-corrected chi connectivity index (χ2v) is 4.85. The second-order valence-electron chi connectivity index (χ2n) is 4.41. The minimum Gasteiger partial charge on any atom is -0.287 e. The summed E-state index contributed by atoms with van der Waals surface area (Å²) in [5.41, 5.74) is 4.42. The van der Waals surface area contributed by atoms with Gasteiger partial charge in [-0.1, -0.05) is 23.7 Å². The molecule has 0 spiro atoms. The van der Waals surface area contributed by atoms with Gasteiger partial charge < -0.3 is 0 Å². The Kier molecular flexibility index (Phi) is 3.28. The van der Waals surface area contributed by atoms with Gasteiger partial charge in [-0.3, -0.25) is 10.2 Å². The molecule has 0 fully saturated rings. The van der Waals surface area contributed by atoms with Gasteiger partial charge in [-0.2, -0.15) is 4.98 Å². The normalized spacial score (nSPS) is 10.8. The van der Waals surface area contributed by atoms with Gasteiger partial charge in [-0.15, -0.1) is 5.10 Å². The highest BCUT2D eigenvalue weighted by molar-refractivity contribution is 6.30. The zero-order valence-corrected chi connectivity index (χ0v) is 11.8. The lowest BCUT2D eigenvalue weighted by molar-refractivity contribution is 0.0943. The Labute approximate surface area is 124 Å². The Bertz CT molecular complexity index is 827. The molecule has 2 aromatic heterocycles. The minimum atomic E-state index is -0.562. The average molecular weight is 303 g/mol. The van der Waals surface area contributed by atoms with E-state index in [4.69, 9.17) is 17.4 Å². The van der Waals surface area contributed by atoms with Gasteiger partial charge in [0.1, 0.15) is 0 Å². The number of nitrogens with two attached hydrogens (primary N) is 1. The van der Waals surface area contributed by atoms with Crippen molar-refractivity contribution >= 4 is 23.3 Å². The molecular weight excluding hydrogens is 292 g/mol. The lowest BCUT2D eigenvalue weighted by atomic mass is 10.1. The monoisotopic (exact) mass is 302 g/mol. The van der Waals surface area contributed by atoms with Crippen LogP contribution in [0, 0.1) is 6.92 Å². The Balaban J connectivity index is 2.14. The number of rotatable bonds is 2. The van der Waals surface area contributed by atoms with Crippen molar-refractivity contribution in [2.24, 2.45) is 5.84 Å². The number of nitrogens with zero attached hydrogens (tertiary/aromatic N) is 4. The van der Waals surface area contributed by atoms with Crippen molar-refractivity contribution in [2.45, 2.75) is 6.92 Å². The highest BCUT2D eigenvalue weighted by atomic mass is 35.5. The Morgan fingerprint density at radius 3 is 2.67 bits per heavy atom. The molecule has 3 N–H and O–H groups in total. The predicted molar refractivity (Wildman–Crippen MR) is 77.6 cm³/mol. The van der Waals surface area contributed by atoms with Gasteiger partial charge in [0, 0.05) is 16.3 Å². The molecule has 106 valence electrons. The first-order chi connectivity index (χ1) is 10.1. The number of amides is 1. The molecule has 0 saturated heterocycles. The van der Waals surface area contributed by atoms with E-state index in [9.17, 15) is 4.79 Å². The summed E-state index contributed by atoms with van der Waals surface area (Å²) < 4.78 is 1.49. The fourth-order valence-electron chi connectivity index (χ4n) is 1.94. The van der Waals surface area contributed by atoms with Gasteiger partial charge in [0.25, 0.3) is 5.78 Å². The van der Waals surface area contributed by atoms with E-state index < -0.39 is 5.91 Å². The number of hydrogen-bond donors (Lipinski definition) is 2. The molecule has 0 aliphatic rings. The van der Waals surface area contributed by atoms with E-state index in [1.807, 2.05) is 30.5 Å². The van der Waals surface area contributed by atoms with E-state index in [0.717, 1.165) is 17.0 Å². The van der Waals surface area contributed by atoms with Crippen LogP contribution >= 0.6 is 11.6 Å². The van der Waals surface area contributed by atoms with Crippen LogP contribution in [0.1, 0.15) is 16.3 Å². The van der Waals surface area contributed by atoms with Crippen molar-refractivity contribution in [3.8, 4) is 11.3 Å². The molecule has 8 heteroatoms. The zero-order valence-electron chi connectivity index (χ0n) is 11.0. The molecule has 0 saturated carbocycles. The van der Waals surface area contributed by atoms with Crippen molar-refractivity contribution in [1.82, 2.24) is 25.0 Å². The molecule has 3 aromatic rings. The van der Waals surface area contributed by atoms with Crippen molar-refractivity contribution < 1.29 is 4.79 Å². The summed E-state index contributed by atoms with van der Waals surface area (Å²) in [6.45, 7) is 1.85. The number of benzene rings is 1. The lowest BCUT2D eigenvalue weighted by Gasteiger charge is -2.03. The third kappa shape index (κ3) is 2.44. The number of halogens is 1. The van der Waals surface area contributed by atoms with Crippen LogP contribution in [0.25, 0.3) is 17.0 Å². The number of aryl methyl sites for hydroxylation is 1. The summed E-state index contributed by atoms with van der Waals surface area (Å²) in [4.78, 5) is 19.9. The first kappa shape index (κ1) is 13.5. The van der Waals surface area contributed by atoms with Crippen molar-refractivity contribution in [3.63, 3.8) is 0 Å². The maximum atomic E-state index is 11.5. The molecule has 0 radical (unpaired) electrons. The molecule has 3 rings (SSSR count). The Morgan fingerprint density at radius 1 is 1.29 bits per heavy atom. The summed E-state index contributed by atoms with van der Waals surface area (Å²) in [6, 6.07) is 9.16. The highest BCUT2D eigenvalue weighted by Crippen LogP contribution is 2.21. The van der Waals surface area contributed by atoms with E-state index in [0.29, 0.717) is 10.8 Å². The molecular formula is C13H11ClN6O. The topological polar surface area (TPSA) is 98.2 Å². The quantitative estimate of drug-likeness (QED) is 0.423. The second kappa shape index (κ2) is 5.12. The average Bonchev–Trinajstić information content (AvgIpc) is 2.92. The first-order valence-corrected chi connectivity index (χ1v) is 6.47. The first-order valence-electron chi connectivity index (χ1n) is 6.10. The van der Waals surface area contributed by atoms with E-state index in [2.05, 4.69) is 15.1 Å². The van der Waals surface area contributed by atoms with Gasteiger partial charge in [0.05, 0.1) is 5.69 Å². The zero-order chi connectivity index (χ0) is 15.0. The maximum Gasteiger partial charge on any atom is 0.304 e. The number of nitrogen functional groups attached to an aromatic ring is 1. The van der Waals surface area contributed by atoms with Gasteiger partial charge in [-0.25, -0.2) is 15.3 Å². The van der Waals surface area contributed by atoms with E-state index >= 15 is 0 Å². The molecule has 2 heterocycles. The third-order valence-electron chi connectivity index (χ3n) is 2.96. The summed E-state index contributed by atoms with van der Waals surface area (Å²) in [6.07, 6.45) is 0. The fourth-order valence-corrected chi connectivity index (χ4v) is 2.07. The molecule has 0 unspecified atom stereocenters. The molecule has 7 nitrogen and oxygen atoms in total. The van der Waals surface area contributed by atoms with Gasteiger partial charge >= 0.3 is 5.91 Å². The summed E-state index contributed by atoms with van der Waals surface area (Å²) in [5, 5.41) is 4.72. The number of aromatic nitrogens is 4. The number of fused-ring (bicyclic) bond motifs is 1. The van der Waals surface area contributed by atoms with E-state index in [-0.39, 0.29) is 5.82 Å². The molecule has 0 atom stereocenters. The summed E-state index contributed by atoms with van der Waals surface area (Å²) in [7, 11) is 0. The van der Waals surface area contributed by atoms with Crippen LogP contribution in [0.4, 0.5) is 0 Å². The molecule has 21 heavy (non-hydrogen) atoms. The van der Waals surface area contributed by atoms with E-state index in [1.54, 1.807) is 12.1 Å². The van der Waals surface area contributed by atoms with Crippen molar-refractivity contribution in [3.05, 3.63) is 46.9 Å². The minimum absolute atomic E-state index is 0.0265. The maximum absolute atomic E-state index is 11.5. The van der Waals surface area contributed by atoms with Crippen molar-refractivity contribution in [1.29, 1.82) is 0 Å². The fraction of sp³-hybridized carbons (Fsp3) is 0.0769. The van der Waals surface area contributed by atoms with Gasteiger partial charge in [0.15, 0.2) is 0 Å². The van der Waals surface area contributed by atoms with Crippen LogP contribution < -0.4 is 11.3 Å². The molecule has 1 amide bonds. The standard InChI is InChI=1S/C13H11ClN6O/c1-7-6-10(8-2-4-9(14)5-3-8)16-13-17-11(12(21)18-15)19-20(7)13/h2-6H,15H2,1H3,(H,18,21). The Hall–Kier alpha value is -2.51. The Morgan fingerprint density at radius 2 is 2.00 bits per heavy atom. The number of carbonyl (C=O) groups excluding carboxylic acids is 1. The van der Waals surface area contributed by atoms with Crippen LogP contribution in [0.2, 0.25) is 5.02 Å². The third-order valence-corrected chi connectivity index (χ3v) is 3.22. The van der Waals surface area contributed by atoms with E-state index in [1.165, 1.54) is 4.52 Å². The van der Waals surface area contributed by atoms with Crippen LogP contribution in [-0.4, -0.2) is 25.5 Å². The number of hydrogen-bond acceptors (Lipinski definition) is 5. The van der Waals surface area contributed by atoms with Crippen LogP contribution in [-0.2, 0) is 0 Å². The molecule has 1 aromatic carbocycles. The van der Waals surface area contributed by atoms with Crippen molar-refractivity contribution in [2.75, 3.05) is 0 Å². The lowest BCUT2D eigenvalue weighted by Crippen LogP contribution is -2.30. The molecule has 0 aliphatic carbocycles. The van der Waals surface area contributed by atoms with Gasteiger partial charge in [-0.05, 0) is 25.1 Å². The molecule has 0 bridgehead atoms. The number of nitrogens with one attached hydrogen (secondary N) is 1. The number of hydrazine groups is 1. The smallest absolute Gasteiger partial charge is 0.287 e.